The second-order valence-electron chi connectivity index (χ2n) is 4.58. The highest BCUT2D eigenvalue weighted by atomic mass is 19.1. The molecule has 0 amide bonds. The number of hydrogen-bond acceptors (Lipinski definition) is 2. The molecule has 20 heavy (non-hydrogen) atoms. The van der Waals surface area contributed by atoms with E-state index in [1.807, 2.05) is 19.9 Å². The van der Waals surface area contributed by atoms with E-state index in [1.165, 1.54) is 0 Å². The van der Waals surface area contributed by atoms with Crippen LogP contribution >= 0.6 is 0 Å². The van der Waals surface area contributed by atoms with Gasteiger partial charge in [-0.05, 0) is 43.7 Å². The van der Waals surface area contributed by atoms with Crippen LogP contribution in [0.15, 0.2) is 36.4 Å². The minimum atomic E-state index is -1.14. The van der Waals surface area contributed by atoms with E-state index in [2.05, 4.69) is 0 Å². The Bertz CT molecular complexity index is 591. The monoisotopic (exact) mass is 278 g/mol. The lowest BCUT2D eigenvalue weighted by atomic mass is 9.99. The van der Waals surface area contributed by atoms with Crippen molar-refractivity contribution in [1.29, 1.82) is 0 Å². The van der Waals surface area contributed by atoms with Gasteiger partial charge in [0.05, 0.1) is 6.61 Å². The maximum atomic E-state index is 13.2. The summed E-state index contributed by atoms with van der Waals surface area (Å²) in [6.07, 6.45) is -1.14. The average Bonchev–Trinajstić information content (AvgIpc) is 2.39. The summed E-state index contributed by atoms with van der Waals surface area (Å²) in [5.41, 5.74) is 1.59. The molecule has 0 aliphatic heterocycles. The highest BCUT2D eigenvalue weighted by Gasteiger charge is 2.17. The van der Waals surface area contributed by atoms with Gasteiger partial charge in [0.15, 0.2) is 0 Å². The van der Waals surface area contributed by atoms with Gasteiger partial charge in [-0.3, -0.25) is 0 Å². The highest BCUT2D eigenvalue weighted by molar-refractivity contribution is 5.42. The van der Waals surface area contributed by atoms with Gasteiger partial charge in [0, 0.05) is 11.6 Å². The van der Waals surface area contributed by atoms with Crippen molar-refractivity contribution < 1.29 is 18.6 Å². The van der Waals surface area contributed by atoms with Crippen molar-refractivity contribution in [2.24, 2.45) is 0 Å². The van der Waals surface area contributed by atoms with Crippen LogP contribution in [-0.2, 0) is 0 Å². The maximum absolute atomic E-state index is 13.2. The summed E-state index contributed by atoms with van der Waals surface area (Å²) in [6, 6.07) is 8.35. The van der Waals surface area contributed by atoms with Crippen LogP contribution in [0.25, 0.3) is 0 Å². The molecule has 0 fully saturated rings. The fourth-order valence-corrected chi connectivity index (χ4v) is 2.08. The molecule has 1 N–H and O–H groups in total. The van der Waals surface area contributed by atoms with Crippen molar-refractivity contribution in [3.63, 3.8) is 0 Å². The SMILES string of the molecule is CCOc1ccc(C)cc1C(O)c1cc(F)cc(F)c1. The Balaban J connectivity index is 2.46. The maximum Gasteiger partial charge on any atom is 0.126 e. The second-order valence-corrected chi connectivity index (χ2v) is 4.58. The number of ether oxygens (including phenoxy) is 1. The molecular weight excluding hydrogens is 262 g/mol. The first-order valence-electron chi connectivity index (χ1n) is 6.38. The van der Waals surface area contributed by atoms with Crippen LogP contribution in [0.1, 0.15) is 29.7 Å². The lowest BCUT2D eigenvalue weighted by molar-refractivity contribution is 0.211. The van der Waals surface area contributed by atoms with Crippen molar-refractivity contribution in [3.8, 4) is 5.75 Å². The van der Waals surface area contributed by atoms with Gasteiger partial charge in [0.2, 0.25) is 0 Å². The smallest absolute Gasteiger partial charge is 0.126 e. The molecule has 1 unspecified atom stereocenters. The van der Waals surface area contributed by atoms with Crippen LogP contribution in [-0.4, -0.2) is 11.7 Å². The quantitative estimate of drug-likeness (QED) is 0.923. The van der Waals surface area contributed by atoms with Gasteiger partial charge in [0.25, 0.3) is 0 Å². The summed E-state index contributed by atoms with van der Waals surface area (Å²) in [7, 11) is 0. The number of aryl methyl sites for hydroxylation is 1. The fourth-order valence-electron chi connectivity index (χ4n) is 2.08. The van der Waals surface area contributed by atoms with Crippen molar-refractivity contribution in [2.75, 3.05) is 6.61 Å². The Morgan fingerprint density at radius 2 is 1.75 bits per heavy atom. The standard InChI is InChI=1S/C16H16F2O2/c1-3-20-15-5-4-10(2)6-14(15)16(19)11-7-12(17)9-13(18)8-11/h4-9,16,19H,3H2,1-2H3. The number of rotatable bonds is 4. The lowest BCUT2D eigenvalue weighted by Crippen LogP contribution is -2.05. The van der Waals surface area contributed by atoms with Gasteiger partial charge in [-0.25, -0.2) is 8.78 Å². The van der Waals surface area contributed by atoms with E-state index < -0.39 is 17.7 Å². The average molecular weight is 278 g/mol. The van der Waals surface area contributed by atoms with E-state index in [-0.39, 0.29) is 5.56 Å². The van der Waals surface area contributed by atoms with Crippen LogP contribution in [0, 0.1) is 18.6 Å². The molecule has 0 aromatic heterocycles. The molecule has 4 heteroatoms. The highest BCUT2D eigenvalue weighted by Crippen LogP contribution is 2.31. The zero-order valence-corrected chi connectivity index (χ0v) is 11.4. The topological polar surface area (TPSA) is 29.5 Å². The molecule has 2 aromatic carbocycles. The molecule has 0 saturated carbocycles. The van der Waals surface area contributed by atoms with E-state index in [4.69, 9.17) is 4.74 Å². The first-order valence-corrected chi connectivity index (χ1v) is 6.38. The Morgan fingerprint density at radius 1 is 1.10 bits per heavy atom. The Labute approximate surface area is 116 Å². The number of aliphatic hydroxyl groups is 1. The molecule has 1 atom stereocenters. The van der Waals surface area contributed by atoms with Gasteiger partial charge in [-0.1, -0.05) is 11.6 Å². The molecule has 0 aliphatic rings. The predicted octanol–water partition coefficient (Wildman–Crippen LogP) is 3.75. The Morgan fingerprint density at radius 3 is 2.35 bits per heavy atom. The number of benzene rings is 2. The number of hydrogen-bond donors (Lipinski definition) is 1. The molecular formula is C16H16F2O2. The van der Waals surface area contributed by atoms with Gasteiger partial charge in [-0.15, -0.1) is 0 Å². The number of halogens is 2. The van der Waals surface area contributed by atoms with E-state index in [0.29, 0.717) is 17.9 Å². The molecule has 0 heterocycles. The minimum Gasteiger partial charge on any atom is -0.493 e. The third-order valence-electron chi connectivity index (χ3n) is 2.96. The summed E-state index contributed by atoms with van der Waals surface area (Å²) >= 11 is 0. The fraction of sp³-hybridized carbons (Fsp3) is 0.250. The van der Waals surface area contributed by atoms with Crippen molar-refractivity contribution in [2.45, 2.75) is 20.0 Å². The van der Waals surface area contributed by atoms with E-state index in [1.54, 1.807) is 12.1 Å². The van der Waals surface area contributed by atoms with Crippen LogP contribution in [0.3, 0.4) is 0 Å². The Kier molecular flexibility index (Phi) is 4.35. The predicted molar refractivity (Wildman–Crippen MR) is 72.8 cm³/mol. The second kappa shape index (κ2) is 6.01. The van der Waals surface area contributed by atoms with Crippen molar-refractivity contribution >= 4 is 0 Å². The molecule has 2 rings (SSSR count). The van der Waals surface area contributed by atoms with Gasteiger partial charge in [0.1, 0.15) is 23.5 Å². The zero-order chi connectivity index (χ0) is 14.7. The normalized spacial score (nSPS) is 12.2. The van der Waals surface area contributed by atoms with E-state index in [0.717, 1.165) is 23.8 Å². The molecule has 0 aliphatic carbocycles. The molecule has 106 valence electrons. The summed E-state index contributed by atoms with van der Waals surface area (Å²) in [6.45, 7) is 4.15. The van der Waals surface area contributed by atoms with E-state index in [9.17, 15) is 13.9 Å². The largest absolute Gasteiger partial charge is 0.493 e. The van der Waals surface area contributed by atoms with Crippen LogP contribution in [0.5, 0.6) is 5.75 Å². The summed E-state index contributed by atoms with van der Waals surface area (Å²) in [5.74, 6) is -0.926. The number of aliphatic hydroxyl groups excluding tert-OH is 1. The zero-order valence-electron chi connectivity index (χ0n) is 11.4. The first-order chi connectivity index (χ1) is 9.51. The molecule has 0 radical (unpaired) electrons. The third kappa shape index (κ3) is 3.14. The molecule has 2 nitrogen and oxygen atoms in total. The van der Waals surface area contributed by atoms with Gasteiger partial charge >= 0.3 is 0 Å². The molecule has 0 saturated heterocycles. The van der Waals surface area contributed by atoms with Gasteiger partial charge < -0.3 is 9.84 Å². The first kappa shape index (κ1) is 14.5. The molecule has 0 bridgehead atoms. The van der Waals surface area contributed by atoms with Crippen LogP contribution in [0.4, 0.5) is 8.78 Å². The minimum absolute atomic E-state index is 0.161. The molecule has 2 aromatic rings. The van der Waals surface area contributed by atoms with Crippen LogP contribution in [0.2, 0.25) is 0 Å². The van der Waals surface area contributed by atoms with Crippen molar-refractivity contribution in [1.82, 2.24) is 0 Å². The summed E-state index contributed by atoms with van der Waals surface area (Å²) in [5, 5.41) is 10.4. The summed E-state index contributed by atoms with van der Waals surface area (Å²) in [4.78, 5) is 0. The Hall–Kier alpha value is -1.94. The third-order valence-corrected chi connectivity index (χ3v) is 2.96. The van der Waals surface area contributed by atoms with Gasteiger partial charge in [-0.2, -0.15) is 0 Å². The van der Waals surface area contributed by atoms with E-state index >= 15 is 0 Å². The molecule has 0 spiro atoms. The van der Waals surface area contributed by atoms with Crippen molar-refractivity contribution in [3.05, 3.63) is 64.7 Å². The van der Waals surface area contributed by atoms with Crippen LogP contribution < -0.4 is 4.74 Å². The summed E-state index contributed by atoms with van der Waals surface area (Å²) < 4.78 is 31.9. The lowest BCUT2D eigenvalue weighted by Gasteiger charge is -2.17.